The highest BCUT2D eigenvalue weighted by Gasteiger charge is 2.34. The number of nitrogens with zero attached hydrogens (tertiary/aromatic N) is 1. The number of carbonyl (C=O) groups excluding carboxylic acids is 1. The number of halogens is 6. The van der Waals surface area contributed by atoms with Gasteiger partial charge in [0.05, 0.1) is 11.1 Å². The van der Waals surface area contributed by atoms with Gasteiger partial charge in [-0.25, -0.2) is 0 Å². The number of hydrogen-bond acceptors (Lipinski definition) is 4. The van der Waals surface area contributed by atoms with Gasteiger partial charge in [0.1, 0.15) is 0 Å². The standard InChI is InChI=1S/C27H32F6N4O/c28-26(29,30)19-3-8-22(9-4-19)37-13-11-18(12-14-37)25(38)35-16-17-1-5-20(6-2-17)36-21-7-10-24(34)23(15-21)27(31,32)33/h3-4,7-10,15,17-18,20,36H,1-2,5-6,11-14,16,34H2,(H,35,38). The molecule has 0 aromatic heterocycles. The number of nitrogens with one attached hydrogen (secondary N) is 2. The van der Waals surface area contributed by atoms with Crippen molar-refractivity contribution < 1.29 is 31.1 Å². The predicted octanol–water partition coefficient (Wildman–Crippen LogP) is 6.31. The molecule has 1 aliphatic heterocycles. The molecular weight excluding hydrogens is 510 g/mol. The Labute approximate surface area is 217 Å². The first-order valence-corrected chi connectivity index (χ1v) is 12.8. The lowest BCUT2D eigenvalue weighted by Gasteiger charge is -2.34. The van der Waals surface area contributed by atoms with E-state index in [9.17, 15) is 31.1 Å². The summed E-state index contributed by atoms with van der Waals surface area (Å²) in [7, 11) is 0. The zero-order valence-electron chi connectivity index (χ0n) is 20.8. The van der Waals surface area contributed by atoms with Crippen molar-refractivity contribution in [1.29, 1.82) is 0 Å². The molecule has 0 unspecified atom stereocenters. The minimum absolute atomic E-state index is 0.00104. The number of nitrogens with two attached hydrogens (primary N) is 1. The number of alkyl halides is 6. The molecule has 0 atom stereocenters. The molecule has 11 heteroatoms. The van der Waals surface area contributed by atoms with E-state index < -0.39 is 23.5 Å². The molecule has 38 heavy (non-hydrogen) atoms. The number of hydrogen-bond donors (Lipinski definition) is 3. The van der Waals surface area contributed by atoms with Crippen LogP contribution in [0, 0.1) is 11.8 Å². The molecule has 1 heterocycles. The van der Waals surface area contributed by atoms with E-state index in [-0.39, 0.29) is 23.6 Å². The highest BCUT2D eigenvalue weighted by molar-refractivity contribution is 5.79. The maximum Gasteiger partial charge on any atom is 0.418 e. The van der Waals surface area contributed by atoms with E-state index in [1.165, 1.54) is 18.2 Å². The normalized spacial score (nSPS) is 21.3. The summed E-state index contributed by atoms with van der Waals surface area (Å²) in [5.41, 5.74) is 4.76. The summed E-state index contributed by atoms with van der Waals surface area (Å²) in [5, 5.41) is 6.24. The van der Waals surface area contributed by atoms with Gasteiger partial charge in [-0.2, -0.15) is 26.3 Å². The molecule has 1 amide bonds. The van der Waals surface area contributed by atoms with Crippen molar-refractivity contribution in [2.24, 2.45) is 11.8 Å². The number of amides is 1. The van der Waals surface area contributed by atoms with Crippen LogP contribution in [-0.2, 0) is 17.1 Å². The van der Waals surface area contributed by atoms with Crippen LogP contribution in [0.3, 0.4) is 0 Å². The van der Waals surface area contributed by atoms with Gasteiger partial charge in [0.15, 0.2) is 0 Å². The Bertz CT molecular complexity index is 1090. The smallest absolute Gasteiger partial charge is 0.398 e. The number of piperidine rings is 1. The van der Waals surface area contributed by atoms with E-state index in [1.807, 2.05) is 4.90 Å². The van der Waals surface area contributed by atoms with Crippen molar-refractivity contribution >= 4 is 23.0 Å². The van der Waals surface area contributed by atoms with Crippen LogP contribution in [0.1, 0.15) is 49.7 Å². The monoisotopic (exact) mass is 542 g/mol. The molecule has 2 aromatic rings. The fourth-order valence-electron chi connectivity index (χ4n) is 5.29. The number of benzene rings is 2. The lowest BCUT2D eigenvalue weighted by atomic mass is 9.85. The largest absolute Gasteiger partial charge is 0.418 e. The molecule has 2 aromatic carbocycles. The Morgan fingerprint density at radius 1 is 0.868 bits per heavy atom. The Balaban J connectivity index is 1.17. The van der Waals surface area contributed by atoms with Gasteiger partial charge in [-0.15, -0.1) is 0 Å². The van der Waals surface area contributed by atoms with Gasteiger partial charge in [-0.05, 0) is 86.9 Å². The summed E-state index contributed by atoms with van der Waals surface area (Å²) < 4.78 is 77.7. The third kappa shape index (κ3) is 7.05. The second-order valence-corrected chi connectivity index (χ2v) is 10.2. The van der Waals surface area contributed by atoms with Crippen molar-refractivity contribution in [2.75, 3.05) is 35.6 Å². The zero-order chi connectivity index (χ0) is 27.5. The summed E-state index contributed by atoms with van der Waals surface area (Å²) in [5.74, 6) is 0.173. The van der Waals surface area contributed by atoms with Crippen LogP contribution in [0.15, 0.2) is 42.5 Å². The van der Waals surface area contributed by atoms with Crippen LogP contribution in [0.5, 0.6) is 0 Å². The lowest BCUT2D eigenvalue weighted by Crippen LogP contribution is -2.42. The van der Waals surface area contributed by atoms with Crippen molar-refractivity contribution in [3.63, 3.8) is 0 Å². The Morgan fingerprint density at radius 3 is 2.08 bits per heavy atom. The predicted molar refractivity (Wildman–Crippen MR) is 135 cm³/mol. The van der Waals surface area contributed by atoms with Crippen LogP contribution in [0.4, 0.5) is 43.4 Å². The topological polar surface area (TPSA) is 70.4 Å². The third-order valence-corrected chi connectivity index (χ3v) is 7.57. The quantitative estimate of drug-likeness (QED) is 0.296. The minimum Gasteiger partial charge on any atom is -0.398 e. The van der Waals surface area contributed by atoms with E-state index in [4.69, 9.17) is 5.73 Å². The Hall–Kier alpha value is -3.11. The molecule has 2 fully saturated rings. The summed E-state index contributed by atoms with van der Waals surface area (Å²) in [6.07, 6.45) is -4.32. The van der Waals surface area contributed by atoms with Gasteiger partial charge in [0.2, 0.25) is 5.91 Å². The molecule has 1 aliphatic carbocycles. The number of carbonyl (C=O) groups is 1. The van der Waals surface area contributed by atoms with Crippen molar-refractivity contribution in [3.8, 4) is 0 Å². The summed E-state index contributed by atoms with van der Waals surface area (Å²) in [6, 6.07) is 9.02. The van der Waals surface area contributed by atoms with Gasteiger partial charge in [0, 0.05) is 48.7 Å². The molecule has 0 bridgehead atoms. The van der Waals surface area contributed by atoms with Crippen molar-refractivity contribution in [3.05, 3.63) is 53.6 Å². The van der Waals surface area contributed by atoms with Crippen molar-refractivity contribution in [2.45, 2.75) is 56.9 Å². The fraction of sp³-hybridized carbons (Fsp3) is 0.519. The molecule has 1 saturated carbocycles. The van der Waals surface area contributed by atoms with Gasteiger partial charge >= 0.3 is 12.4 Å². The van der Waals surface area contributed by atoms with Gasteiger partial charge in [-0.3, -0.25) is 4.79 Å². The van der Waals surface area contributed by atoms with Gasteiger partial charge in [0.25, 0.3) is 0 Å². The molecule has 0 radical (unpaired) electrons. The van der Waals surface area contributed by atoms with Crippen LogP contribution in [0.2, 0.25) is 0 Å². The first-order valence-electron chi connectivity index (χ1n) is 12.8. The van der Waals surface area contributed by atoms with E-state index >= 15 is 0 Å². The molecule has 0 spiro atoms. The molecule has 2 aliphatic rings. The second-order valence-electron chi connectivity index (χ2n) is 10.2. The van der Waals surface area contributed by atoms with Crippen LogP contribution >= 0.6 is 0 Å². The molecule has 4 N–H and O–H groups in total. The molecule has 5 nitrogen and oxygen atoms in total. The first-order chi connectivity index (χ1) is 17.9. The van der Waals surface area contributed by atoms with E-state index in [2.05, 4.69) is 10.6 Å². The lowest BCUT2D eigenvalue weighted by molar-refractivity contribution is -0.138. The highest BCUT2D eigenvalue weighted by Crippen LogP contribution is 2.36. The average Bonchev–Trinajstić information content (AvgIpc) is 2.88. The van der Waals surface area contributed by atoms with Crippen LogP contribution < -0.4 is 21.3 Å². The summed E-state index contributed by atoms with van der Waals surface area (Å²) in [4.78, 5) is 14.7. The van der Waals surface area contributed by atoms with Crippen LogP contribution in [0.25, 0.3) is 0 Å². The number of nitrogen functional groups attached to an aromatic ring is 1. The molecule has 208 valence electrons. The summed E-state index contributed by atoms with van der Waals surface area (Å²) >= 11 is 0. The summed E-state index contributed by atoms with van der Waals surface area (Å²) in [6.45, 7) is 1.76. The minimum atomic E-state index is -4.50. The van der Waals surface area contributed by atoms with Gasteiger partial charge < -0.3 is 21.3 Å². The van der Waals surface area contributed by atoms with E-state index in [1.54, 1.807) is 6.07 Å². The SMILES string of the molecule is Nc1ccc(NC2CCC(CNC(=O)C3CCN(c4ccc(C(F)(F)F)cc4)CC3)CC2)cc1C(F)(F)F. The number of anilines is 3. The highest BCUT2D eigenvalue weighted by atomic mass is 19.4. The maximum atomic E-state index is 13.1. The Kier molecular flexibility index (Phi) is 8.32. The second kappa shape index (κ2) is 11.3. The number of rotatable bonds is 6. The Morgan fingerprint density at radius 2 is 1.50 bits per heavy atom. The van der Waals surface area contributed by atoms with E-state index in [0.717, 1.165) is 49.6 Å². The molecule has 1 saturated heterocycles. The maximum absolute atomic E-state index is 13.1. The first kappa shape index (κ1) is 27.9. The van der Waals surface area contributed by atoms with Crippen LogP contribution in [-0.4, -0.2) is 31.6 Å². The molecular formula is C27H32F6N4O. The van der Waals surface area contributed by atoms with Crippen molar-refractivity contribution in [1.82, 2.24) is 5.32 Å². The fourth-order valence-corrected chi connectivity index (χ4v) is 5.29. The zero-order valence-corrected chi connectivity index (χ0v) is 20.8. The van der Waals surface area contributed by atoms with E-state index in [0.29, 0.717) is 44.1 Å². The van der Waals surface area contributed by atoms with Gasteiger partial charge in [-0.1, -0.05) is 0 Å². The average molecular weight is 543 g/mol. The third-order valence-electron chi connectivity index (χ3n) is 7.57. The molecule has 4 rings (SSSR count).